The zero-order valence-corrected chi connectivity index (χ0v) is 20.5. The molecule has 0 aliphatic carbocycles. The van der Waals surface area contributed by atoms with Gasteiger partial charge in [-0.05, 0) is 40.3 Å². The van der Waals surface area contributed by atoms with Gasteiger partial charge in [0.25, 0.3) is 0 Å². The maximum absolute atomic E-state index is 13.0. The Bertz CT molecular complexity index is 1100. The van der Waals surface area contributed by atoms with E-state index in [1.54, 1.807) is 0 Å². The van der Waals surface area contributed by atoms with E-state index in [-0.39, 0.29) is 18.4 Å². The van der Waals surface area contributed by atoms with Gasteiger partial charge in [-0.3, -0.25) is 4.79 Å². The molecule has 0 aliphatic rings. The normalized spacial score (nSPS) is 12.0. The molecule has 3 rings (SSSR count). The first kappa shape index (κ1) is 24.6. The SMILES string of the molecule is CCCCC(=O)N(Cc1ccc(-c2ccccc2-c2nn[nH]n2)cc1Br)C(C(=O)O)C(C)C. The molecule has 2 aromatic carbocycles. The van der Waals surface area contributed by atoms with Crippen LogP contribution in [0.3, 0.4) is 0 Å². The maximum Gasteiger partial charge on any atom is 0.326 e. The van der Waals surface area contributed by atoms with Crippen LogP contribution in [0.15, 0.2) is 46.9 Å². The van der Waals surface area contributed by atoms with Crippen molar-refractivity contribution in [1.82, 2.24) is 25.5 Å². The lowest BCUT2D eigenvalue weighted by Crippen LogP contribution is -2.47. The molecule has 1 atom stereocenters. The molecule has 2 N–H and O–H groups in total. The standard InChI is InChI=1S/C24H28BrN5O3/c1-4-5-10-21(31)30(22(15(2)3)24(32)33)14-17-12-11-16(13-20(17)25)18-8-6-7-9-19(18)23-26-28-29-27-23/h6-9,11-13,15,22H,4-5,10,14H2,1-3H3,(H,32,33)(H,26,27,28,29). The van der Waals surface area contributed by atoms with Gasteiger partial charge in [0.05, 0.1) is 0 Å². The number of carboxylic acid groups (broad SMARTS) is 1. The second kappa shape index (κ2) is 11.2. The summed E-state index contributed by atoms with van der Waals surface area (Å²) in [6.45, 7) is 5.87. The van der Waals surface area contributed by atoms with Crippen LogP contribution >= 0.6 is 15.9 Å². The number of carboxylic acids is 1. The summed E-state index contributed by atoms with van der Waals surface area (Å²) in [6.07, 6.45) is 1.94. The van der Waals surface area contributed by atoms with E-state index in [2.05, 4.69) is 36.6 Å². The third-order valence-electron chi connectivity index (χ3n) is 5.50. The molecular weight excluding hydrogens is 486 g/mol. The summed E-state index contributed by atoms with van der Waals surface area (Å²) < 4.78 is 0.795. The van der Waals surface area contributed by atoms with E-state index in [0.717, 1.165) is 39.6 Å². The molecule has 0 fully saturated rings. The highest BCUT2D eigenvalue weighted by Gasteiger charge is 2.32. The van der Waals surface area contributed by atoms with Crippen molar-refractivity contribution < 1.29 is 14.7 Å². The Morgan fingerprint density at radius 2 is 1.88 bits per heavy atom. The van der Waals surface area contributed by atoms with Gasteiger partial charge in [-0.15, -0.1) is 10.2 Å². The number of benzene rings is 2. The number of unbranched alkanes of at least 4 members (excludes halogenated alkanes) is 1. The number of halogens is 1. The number of aliphatic carboxylic acids is 1. The summed E-state index contributed by atoms with van der Waals surface area (Å²) >= 11 is 3.64. The Morgan fingerprint density at radius 3 is 2.45 bits per heavy atom. The molecule has 8 nitrogen and oxygen atoms in total. The van der Waals surface area contributed by atoms with Crippen molar-refractivity contribution in [2.75, 3.05) is 0 Å². The number of rotatable bonds is 10. The van der Waals surface area contributed by atoms with Crippen molar-refractivity contribution in [3.63, 3.8) is 0 Å². The third kappa shape index (κ3) is 5.84. The van der Waals surface area contributed by atoms with Gasteiger partial charge in [-0.25, -0.2) is 4.79 Å². The van der Waals surface area contributed by atoms with E-state index in [1.807, 2.05) is 63.2 Å². The highest BCUT2D eigenvalue weighted by molar-refractivity contribution is 9.10. The van der Waals surface area contributed by atoms with Gasteiger partial charge in [-0.2, -0.15) is 5.21 Å². The molecule has 0 bridgehead atoms. The smallest absolute Gasteiger partial charge is 0.326 e. The molecule has 33 heavy (non-hydrogen) atoms. The van der Waals surface area contributed by atoms with Crippen LogP contribution in [0.5, 0.6) is 0 Å². The van der Waals surface area contributed by atoms with Gasteiger partial charge in [0.15, 0.2) is 0 Å². The van der Waals surface area contributed by atoms with E-state index in [0.29, 0.717) is 12.2 Å². The van der Waals surface area contributed by atoms with Gasteiger partial charge >= 0.3 is 5.97 Å². The molecule has 1 unspecified atom stereocenters. The summed E-state index contributed by atoms with van der Waals surface area (Å²) in [6, 6.07) is 12.7. The number of H-pyrrole nitrogens is 1. The first-order chi connectivity index (χ1) is 15.8. The molecule has 9 heteroatoms. The molecule has 0 radical (unpaired) electrons. The van der Waals surface area contributed by atoms with Crippen molar-refractivity contribution in [1.29, 1.82) is 0 Å². The van der Waals surface area contributed by atoms with Crippen molar-refractivity contribution in [2.24, 2.45) is 5.92 Å². The molecule has 1 heterocycles. The summed E-state index contributed by atoms with van der Waals surface area (Å²) in [5.41, 5.74) is 3.56. The first-order valence-corrected chi connectivity index (χ1v) is 11.8. The quantitative estimate of drug-likeness (QED) is 0.397. The topological polar surface area (TPSA) is 112 Å². The first-order valence-electron chi connectivity index (χ1n) is 11.0. The van der Waals surface area contributed by atoms with E-state index in [9.17, 15) is 14.7 Å². The second-order valence-corrected chi connectivity index (χ2v) is 9.09. The number of hydrogen-bond acceptors (Lipinski definition) is 5. The van der Waals surface area contributed by atoms with E-state index >= 15 is 0 Å². The molecule has 0 spiro atoms. The van der Waals surface area contributed by atoms with Crippen LogP contribution in [0.2, 0.25) is 0 Å². The predicted octanol–water partition coefficient (Wildman–Crippen LogP) is 4.92. The van der Waals surface area contributed by atoms with E-state index in [1.165, 1.54) is 4.90 Å². The maximum atomic E-state index is 13.0. The van der Waals surface area contributed by atoms with Gasteiger partial charge < -0.3 is 10.0 Å². The van der Waals surface area contributed by atoms with Crippen LogP contribution in [-0.2, 0) is 16.1 Å². The number of carbonyl (C=O) groups is 2. The average Bonchev–Trinajstić information content (AvgIpc) is 3.32. The minimum atomic E-state index is -0.989. The zero-order valence-electron chi connectivity index (χ0n) is 19.0. The van der Waals surface area contributed by atoms with Gasteiger partial charge in [0, 0.05) is 23.0 Å². The fourth-order valence-electron chi connectivity index (χ4n) is 3.82. The van der Waals surface area contributed by atoms with Gasteiger partial charge in [0.2, 0.25) is 11.7 Å². The molecule has 174 valence electrons. The Hall–Kier alpha value is -3.07. The van der Waals surface area contributed by atoms with Crippen LogP contribution in [0.4, 0.5) is 0 Å². The lowest BCUT2D eigenvalue weighted by molar-refractivity contribution is -0.153. The summed E-state index contributed by atoms with van der Waals surface area (Å²) in [7, 11) is 0. The number of carbonyl (C=O) groups excluding carboxylic acids is 1. The summed E-state index contributed by atoms with van der Waals surface area (Å²) in [5, 5.41) is 24.1. The highest BCUT2D eigenvalue weighted by Crippen LogP contribution is 2.33. The Balaban J connectivity index is 1.94. The second-order valence-electron chi connectivity index (χ2n) is 8.24. The molecule has 1 amide bonds. The van der Waals surface area contributed by atoms with Gasteiger partial charge in [0.1, 0.15) is 6.04 Å². The number of hydrogen-bond donors (Lipinski definition) is 2. The van der Waals surface area contributed by atoms with Crippen LogP contribution in [0.25, 0.3) is 22.5 Å². The lowest BCUT2D eigenvalue weighted by atomic mass is 9.97. The molecular formula is C24H28BrN5O3. The van der Waals surface area contributed by atoms with Gasteiger partial charge in [-0.1, -0.05) is 79.5 Å². The molecule has 0 saturated heterocycles. The Labute approximate surface area is 201 Å². The van der Waals surface area contributed by atoms with Crippen LogP contribution < -0.4 is 0 Å². The zero-order chi connectivity index (χ0) is 24.0. The van der Waals surface area contributed by atoms with Crippen LogP contribution in [0.1, 0.15) is 45.6 Å². The van der Waals surface area contributed by atoms with Crippen molar-refractivity contribution in [2.45, 2.75) is 52.6 Å². The number of aromatic nitrogens is 4. The van der Waals surface area contributed by atoms with E-state index < -0.39 is 12.0 Å². The minimum absolute atomic E-state index is 0.142. The predicted molar refractivity (Wildman–Crippen MR) is 129 cm³/mol. The number of tetrazole rings is 1. The fraction of sp³-hybridized carbons (Fsp3) is 0.375. The fourth-order valence-corrected chi connectivity index (χ4v) is 4.33. The number of nitrogens with zero attached hydrogens (tertiary/aromatic N) is 4. The minimum Gasteiger partial charge on any atom is -0.480 e. The molecule has 0 saturated carbocycles. The van der Waals surface area contributed by atoms with Crippen molar-refractivity contribution >= 4 is 27.8 Å². The van der Waals surface area contributed by atoms with Crippen molar-refractivity contribution in [3.05, 3.63) is 52.5 Å². The Kier molecular flexibility index (Phi) is 8.32. The molecule has 1 aromatic heterocycles. The molecule has 0 aliphatic heterocycles. The van der Waals surface area contributed by atoms with Crippen LogP contribution in [0, 0.1) is 5.92 Å². The lowest BCUT2D eigenvalue weighted by Gasteiger charge is -2.32. The largest absolute Gasteiger partial charge is 0.480 e. The summed E-state index contributed by atoms with van der Waals surface area (Å²) in [5.74, 6) is -0.847. The average molecular weight is 514 g/mol. The number of nitrogens with one attached hydrogen (secondary N) is 1. The van der Waals surface area contributed by atoms with Crippen molar-refractivity contribution in [3.8, 4) is 22.5 Å². The Morgan fingerprint density at radius 1 is 1.15 bits per heavy atom. The van der Waals surface area contributed by atoms with Crippen LogP contribution in [-0.4, -0.2) is 48.5 Å². The highest BCUT2D eigenvalue weighted by atomic mass is 79.9. The number of aromatic amines is 1. The monoisotopic (exact) mass is 513 g/mol. The van der Waals surface area contributed by atoms with E-state index in [4.69, 9.17) is 0 Å². The third-order valence-corrected chi connectivity index (χ3v) is 6.24. The number of amides is 1. The molecule has 3 aromatic rings. The summed E-state index contributed by atoms with van der Waals surface area (Å²) in [4.78, 5) is 26.5.